The van der Waals surface area contributed by atoms with Gasteiger partial charge >= 0.3 is 0 Å². The first-order chi connectivity index (χ1) is 6.63. The lowest BCUT2D eigenvalue weighted by Gasteiger charge is -2.14. The lowest BCUT2D eigenvalue weighted by Crippen LogP contribution is -2.25. The highest BCUT2D eigenvalue weighted by molar-refractivity contribution is 5.48. The number of nitrogens with two attached hydrogens (primary N) is 2. The SMILES string of the molecule is CCc1ccc(N(N)/C=C(/C)N)cc1. The molecule has 1 aromatic carbocycles. The summed E-state index contributed by atoms with van der Waals surface area (Å²) in [5, 5.41) is 1.52. The Bertz CT molecular complexity index is 310. The summed E-state index contributed by atoms with van der Waals surface area (Å²) in [6.45, 7) is 3.93. The summed E-state index contributed by atoms with van der Waals surface area (Å²) < 4.78 is 0. The zero-order valence-electron chi connectivity index (χ0n) is 8.70. The van der Waals surface area contributed by atoms with Gasteiger partial charge in [-0.15, -0.1) is 0 Å². The van der Waals surface area contributed by atoms with Crippen LogP contribution in [-0.2, 0) is 6.42 Å². The third-order valence-corrected chi connectivity index (χ3v) is 1.99. The number of benzene rings is 1. The third-order valence-electron chi connectivity index (χ3n) is 1.99. The zero-order valence-corrected chi connectivity index (χ0v) is 8.70. The van der Waals surface area contributed by atoms with Crippen molar-refractivity contribution in [1.29, 1.82) is 0 Å². The van der Waals surface area contributed by atoms with Crippen molar-refractivity contribution < 1.29 is 0 Å². The zero-order chi connectivity index (χ0) is 10.6. The van der Waals surface area contributed by atoms with Crippen LogP contribution in [0.1, 0.15) is 19.4 Å². The fraction of sp³-hybridized carbons (Fsp3) is 0.273. The van der Waals surface area contributed by atoms with E-state index >= 15 is 0 Å². The first-order valence-corrected chi connectivity index (χ1v) is 4.70. The van der Waals surface area contributed by atoms with Crippen molar-refractivity contribution in [1.82, 2.24) is 0 Å². The second kappa shape index (κ2) is 4.67. The average Bonchev–Trinajstić information content (AvgIpc) is 2.17. The molecule has 0 heterocycles. The number of hydrazine groups is 1. The molecule has 0 fully saturated rings. The molecule has 0 aliphatic rings. The smallest absolute Gasteiger partial charge is 0.0569 e. The van der Waals surface area contributed by atoms with Crippen molar-refractivity contribution >= 4 is 5.69 Å². The lowest BCUT2D eigenvalue weighted by molar-refractivity contribution is 1.04. The van der Waals surface area contributed by atoms with Gasteiger partial charge in [-0.05, 0) is 31.0 Å². The van der Waals surface area contributed by atoms with E-state index in [1.165, 1.54) is 10.6 Å². The normalized spacial score (nSPS) is 11.5. The maximum atomic E-state index is 5.76. The summed E-state index contributed by atoms with van der Waals surface area (Å²) in [6.07, 6.45) is 2.73. The highest BCUT2D eigenvalue weighted by Crippen LogP contribution is 2.13. The number of nitrogens with zero attached hydrogens (tertiary/aromatic N) is 1. The molecule has 0 saturated heterocycles. The first kappa shape index (κ1) is 10.6. The van der Waals surface area contributed by atoms with Gasteiger partial charge in [-0.3, -0.25) is 5.01 Å². The van der Waals surface area contributed by atoms with E-state index in [1.54, 1.807) is 13.1 Å². The maximum Gasteiger partial charge on any atom is 0.0569 e. The number of hydrogen-bond donors (Lipinski definition) is 2. The number of anilines is 1. The Morgan fingerprint density at radius 2 is 1.93 bits per heavy atom. The highest BCUT2D eigenvalue weighted by atomic mass is 15.4. The van der Waals surface area contributed by atoms with Crippen LogP contribution in [0.25, 0.3) is 0 Å². The van der Waals surface area contributed by atoms with Crippen molar-refractivity contribution in [3.8, 4) is 0 Å². The molecular formula is C11H17N3. The number of allylic oxidation sites excluding steroid dienone is 1. The number of rotatable bonds is 3. The molecule has 0 spiro atoms. The minimum absolute atomic E-state index is 0.687. The molecule has 0 unspecified atom stereocenters. The van der Waals surface area contributed by atoms with E-state index in [4.69, 9.17) is 11.6 Å². The molecule has 3 nitrogen and oxygen atoms in total. The highest BCUT2D eigenvalue weighted by Gasteiger charge is 1.97. The van der Waals surface area contributed by atoms with Crippen molar-refractivity contribution in [3.05, 3.63) is 41.7 Å². The van der Waals surface area contributed by atoms with Gasteiger partial charge < -0.3 is 5.73 Å². The Morgan fingerprint density at radius 1 is 1.36 bits per heavy atom. The van der Waals surface area contributed by atoms with Crippen LogP contribution in [0.2, 0.25) is 0 Å². The summed E-state index contributed by atoms with van der Waals surface area (Å²) in [7, 11) is 0. The van der Waals surface area contributed by atoms with Gasteiger partial charge in [0.05, 0.1) is 5.69 Å². The molecule has 4 N–H and O–H groups in total. The summed E-state index contributed by atoms with van der Waals surface area (Å²) in [4.78, 5) is 0. The summed E-state index contributed by atoms with van der Waals surface area (Å²) in [5.41, 5.74) is 8.45. The second-order valence-corrected chi connectivity index (χ2v) is 3.30. The van der Waals surface area contributed by atoms with Crippen molar-refractivity contribution in [2.75, 3.05) is 5.01 Å². The Labute approximate surface area is 85.0 Å². The topological polar surface area (TPSA) is 55.3 Å². The quantitative estimate of drug-likeness (QED) is 0.565. The van der Waals surface area contributed by atoms with Gasteiger partial charge in [-0.1, -0.05) is 19.1 Å². The maximum absolute atomic E-state index is 5.76. The molecule has 0 bridgehead atoms. The second-order valence-electron chi connectivity index (χ2n) is 3.30. The molecule has 76 valence electrons. The minimum atomic E-state index is 0.687. The van der Waals surface area contributed by atoms with E-state index < -0.39 is 0 Å². The molecule has 0 aliphatic heterocycles. The van der Waals surface area contributed by atoms with Crippen molar-refractivity contribution in [3.63, 3.8) is 0 Å². The van der Waals surface area contributed by atoms with Crippen LogP contribution in [0, 0.1) is 0 Å². The molecule has 0 aliphatic carbocycles. The standard InChI is InChI=1S/C11H17N3/c1-3-10-4-6-11(7-5-10)14(13)8-9(2)12/h4-8H,3,12-13H2,1-2H3/b9-8-. The largest absolute Gasteiger partial charge is 0.401 e. The van der Waals surface area contributed by atoms with E-state index in [0.29, 0.717) is 5.70 Å². The van der Waals surface area contributed by atoms with Crippen molar-refractivity contribution in [2.24, 2.45) is 11.6 Å². The lowest BCUT2D eigenvalue weighted by atomic mass is 10.1. The molecule has 1 rings (SSSR count). The van der Waals surface area contributed by atoms with Crippen LogP contribution >= 0.6 is 0 Å². The monoisotopic (exact) mass is 191 g/mol. The predicted octanol–water partition coefficient (Wildman–Crippen LogP) is 1.75. The van der Waals surface area contributed by atoms with E-state index in [9.17, 15) is 0 Å². The summed E-state index contributed by atoms with van der Waals surface area (Å²) in [6, 6.07) is 8.10. The van der Waals surface area contributed by atoms with Crippen molar-refractivity contribution in [2.45, 2.75) is 20.3 Å². The van der Waals surface area contributed by atoms with E-state index in [-0.39, 0.29) is 0 Å². The van der Waals surface area contributed by atoms with E-state index in [0.717, 1.165) is 12.1 Å². The molecule has 0 saturated carbocycles. The van der Waals surface area contributed by atoms with E-state index in [1.807, 2.05) is 12.1 Å². The van der Waals surface area contributed by atoms with Crippen LogP contribution in [0.4, 0.5) is 5.69 Å². The van der Waals surface area contributed by atoms with Crippen LogP contribution < -0.4 is 16.6 Å². The Balaban J connectivity index is 2.81. The molecular weight excluding hydrogens is 174 g/mol. The van der Waals surface area contributed by atoms with Gasteiger partial charge in [0, 0.05) is 11.9 Å². The molecule has 14 heavy (non-hydrogen) atoms. The average molecular weight is 191 g/mol. The van der Waals surface area contributed by atoms with Gasteiger partial charge in [0.15, 0.2) is 0 Å². The van der Waals surface area contributed by atoms with Gasteiger partial charge in [0.2, 0.25) is 0 Å². The molecule has 0 amide bonds. The van der Waals surface area contributed by atoms with Crippen LogP contribution in [0.15, 0.2) is 36.2 Å². The third kappa shape index (κ3) is 2.78. The van der Waals surface area contributed by atoms with Crippen LogP contribution in [0.3, 0.4) is 0 Å². The Kier molecular flexibility index (Phi) is 3.54. The molecule has 1 aromatic rings. The molecule has 0 radical (unpaired) electrons. The Hall–Kier alpha value is -1.48. The fourth-order valence-electron chi connectivity index (χ4n) is 1.20. The van der Waals surface area contributed by atoms with Crippen LogP contribution in [-0.4, -0.2) is 0 Å². The van der Waals surface area contributed by atoms with Gasteiger partial charge in [0.25, 0.3) is 0 Å². The minimum Gasteiger partial charge on any atom is -0.401 e. The predicted molar refractivity (Wildman–Crippen MR) is 60.4 cm³/mol. The van der Waals surface area contributed by atoms with Crippen LogP contribution in [0.5, 0.6) is 0 Å². The molecule has 0 atom stereocenters. The Morgan fingerprint density at radius 3 is 2.36 bits per heavy atom. The van der Waals surface area contributed by atoms with Gasteiger partial charge in [-0.25, -0.2) is 5.84 Å². The summed E-state index contributed by atoms with van der Waals surface area (Å²) >= 11 is 0. The van der Waals surface area contributed by atoms with E-state index in [2.05, 4.69) is 19.1 Å². The summed E-state index contributed by atoms with van der Waals surface area (Å²) in [5.74, 6) is 5.76. The molecule has 0 aromatic heterocycles. The van der Waals surface area contributed by atoms with Gasteiger partial charge in [0.1, 0.15) is 0 Å². The number of hydrogen-bond acceptors (Lipinski definition) is 3. The first-order valence-electron chi connectivity index (χ1n) is 4.70. The number of aryl methyl sites for hydroxylation is 1. The fourth-order valence-corrected chi connectivity index (χ4v) is 1.20. The van der Waals surface area contributed by atoms with Gasteiger partial charge in [-0.2, -0.15) is 0 Å². The molecule has 3 heteroatoms.